The number of likely N-dealkylation sites (tertiary alicyclic amines) is 1. The Bertz CT molecular complexity index is 576. The second-order valence-corrected chi connectivity index (χ2v) is 5.23. The van der Waals surface area contributed by atoms with Crippen molar-refractivity contribution >= 4 is 5.91 Å². The molecule has 1 unspecified atom stereocenters. The molecule has 1 aliphatic heterocycles. The molecule has 1 amide bonds. The highest BCUT2D eigenvalue weighted by Crippen LogP contribution is 2.13. The molecule has 0 spiro atoms. The SMILES string of the molecule is NC1CCN(C(=O)c2ccc(Cn3ccnc3)cc2)C1. The highest BCUT2D eigenvalue weighted by atomic mass is 16.2. The highest BCUT2D eigenvalue weighted by molar-refractivity contribution is 5.94. The Morgan fingerprint density at radius 2 is 2.15 bits per heavy atom. The number of carbonyl (C=O) groups is 1. The van der Waals surface area contributed by atoms with Gasteiger partial charge in [0.1, 0.15) is 0 Å². The quantitative estimate of drug-likeness (QED) is 0.908. The van der Waals surface area contributed by atoms with Crippen LogP contribution in [-0.2, 0) is 6.54 Å². The largest absolute Gasteiger partial charge is 0.337 e. The van der Waals surface area contributed by atoms with E-state index < -0.39 is 0 Å². The molecule has 2 aromatic rings. The average molecular weight is 270 g/mol. The number of rotatable bonds is 3. The monoisotopic (exact) mass is 270 g/mol. The summed E-state index contributed by atoms with van der Waals surface area (Å²) in [5.41, 5.74) is 7.72. The summed E-state index contributed by atoms with van der Waals surface area (Å²) < 4.78 is 2.00. The van der Waals surface area contributed by atoms with Crippen LogP contribution in [0.3, 0.4) is 0 Å². The fraction of sp³-hybridized carbons (Fsp3) is 0.333. The van der Waals surface area contributed by atoms with E-state index in [9.17, 15) is 4.79 Å². The van der Waals surface area contributed by atoms with E-state index in [-0.39, 0.29) is 11.9 Å². The topological polar surface area (TPSA) is 64.2 Å². The van der Waals surface area contributed by atoms with Crippen LogP contribution < -0.4 is 5.73 Å². The first-order valence-corrected chi connectivity index (χ1v) is 6.82. The van der Waals surface area contributed by atoms with Gasteiger partial charge in [-0.05, 0) is 24.1 Å². The van der Waals surface area contributed by atoms with Crippen molar-refractivity contribution in [3.63, 3.8) is 0 Å². The van der Waals surface area contributed by atoms with Crippen LogP contribution in [0.15, 0.2) is 43.0 Å². The van der Waals surface area contributed by atoms with Gasteiger partial charge in [-0.25, -0.2) is 4.98 Å². The zero-order valence-corrected chi connectivity index (χ0v) is 11.3. The maximum atomic E-state index is 12.3. The van der Waals surface area contributed by atoms with Crippen molar-refractivity contribution in [1.82, 2.24) is 14.5 Å². The Balaban J connectivity index is 1.68. The number of benzene rings is 1. The van der Waals surface area contributed by atoms with Crippen molar-refractivity contribution in [1.29, 1.82) is 0 Å². The second kappa shape index (κ2) is 5.46. The summed E-state index contributed by atoms with van der Waals surface area (Å²) in [7, 11) is 0. The number of hydrogen-bond acceptors (Lipinski definition) is 3. The summed E-state index contributed by atoms with van der Waals surface area (Å²) in [6.07, 6.45) is 6.36. The summed E-state index contributed by atoms with van der Waals surface area (Å²) in [6.45, 7) is 2.19. The van der Waals surface area contributed by atoms with Crippen LogP contribution in [0.1, 0.15) is 22.3 Å². The molecular weight excluding hydrogens is 252 g/mol. The van der Waals surface area contributed by atoms with E-state index in [1.807, 2.05) is 39.9 Å². The van der Waals surface area contributed by atoms with E-state index in [4.69, 9.17) is 5.73 Å². The summed E-state index contributed by atoms with van der Waals surface area (Å²) in [5.74, 6) is 0.0760. The molecule has 0 radical (unpaired) electrons. The average Bonchev–Trinajstić information content (AvgIpc) is 3.10. The summed E-state index contributed by atoms with van der Waals surface area (Å²) in [6, 6.07) is 7.88. The van der Waals surface area contributed by atoms with Crippen molar-refractivity contribution < 1.29 is 4.79 Å². The molecule has 1 aromatic carbocycles. The van der Waals surface area contributed by atoms with Crippen molar-refractivity contribution in [3.8, 4) is 0 Å². The predicted octanol–water partition coefficient (Wildman–Crippen LogP) is 1.10. The first-order chi connectivity index (χ1) is 9.72. The van der Waals surface area contributed by atoms with Crippen molar-refractivity contribution in [2.45, 2.75) is 19.0 Å². The van der Waals surface area contributed by atoms with Crippen molar-refractivity contribution in [2.75, 3.05) is 13.1 Å². The van der Waals surface area contributed by atoms with Gasteiger partial charge in [-0.2, -0.15) is 0 Å². The molecule has 104 valence electrons. The minimum absolute atomic E-state index is 0.0760. The number of hydrogen-bond donors (Lipinski definition) is 1. The maximum Gasteiger partial charge on any atom is 0.253 e. The van der Waals surface area contributed by atoms with Gasteiger partial charge in [0.15, 0.2) is 0 Å². The molecule has 5 heteroatoms. The van der Waals surface area contributed by atoms with Gasteiger partial charge in [0.2, 0.25) is 0 Å². The standard InChI is InChI=1S/C15H18N4O/c16-14-5-7-19(10-14)15(20)13-3-1-12(2-4-13)9-18-8-6-17-11-18/h1-4,6,8,11,14H,5,7,9-10,16H2. The third-order valence-electron chi connectivity index (χ3n) is 3.64. The Morgan fingerprint density at radius 3 is 2.75 bits per heavy atom. The van der Waals surface area contributed by atoms with Gasteiger partial charge in [-0.1, -0.05) is 12.1 Å². The zero-order valence-electron chi connectivity index (χ0n) is 11.3. The molecule has 3 rings (SSSR count). The van der Waals surface area contributed by atoms with Gasteiger partial charge in [0, 0.05) is 43.6 Å². The van der Waals surface area contributed by atoms with Crippen LogP contribution in [0.25, 0.3) is 0 Å². The first kappa shape index (κ1) is 12.9. The third kappa shape index (κ3) is 2.72. The number of aromatic nitrogens is 2. The third-order valence-corrected chi connectivity index (χ3v) is 3.64. The lowest BCUT2D eigenvalue weighted by atomic mass is 10.1. The maximum absolute atomic E-state index is 12.3. The predicted molar refractivity (Wildman–Crippen MR) is 76.3 cm³/mol. The number of nitrogens with two attached hydrogens (primary N) is 1. The normalized spacial score (nSPS) is 18.4. The van der Waals surface area contributed by atoms with E-state index in [1.54, 1.807) is 12.5 Å². The van der Waals surface area contributed by atoms with E-state index >= 15 is 0 Å². The molecule has 2 heterocycles. The first-order valence-electron chi connectivity index (χ1n) is 6.82. The molecule has 0 aliphatic carbocycles. The molecule has 1 aromatic heterocycles. The van der Waals surface area contributed by atoms with E-state index in [1.165, 1.54) is 0 Å². The smallest absolute Gasteiger partial charge is 0.253 e. The minimum Gasteiger partial charge on any atom is -0.337 e. The number of imidazole rings is 1. The van der Waals surface area contributed by atoms with Crippen molar-refractivity contribution in [2.24, 2.45) is 5.73 Å². The lowest BCUT2D eigenvalue weighted by molar-refractivity contribution is 0.0791. The molecule has 0 saturated carbocycles. The van der Waals surface area contributed by atoms with E-state index in [0.717, 1.165) is 30.6 Å². The summed E-state index contributed by atoms with van der Waals surface area (Å²) >= 11 is 0. The molecule has 1 aliphatic rings. The lowest BCUT2D eigenvalue weighted by Gasteiger charge is -2.16. The van der Waals surface area contributed by atoms with Gasteiger partial charge in [0.05, 0.1) is 6.33 Å². The lowest BCUT2D eigenvalue weighted by Crippen LogP contribution is -2.31. The Kier molecular flexibility index (Phi) is 3.52. The minimum atomic E-state index is 0.0760. The summed E-state index contributed by atoms with van der Waals surface area (Å²) in [5, 5.41) is 0. The van der Waals surface area contributed by atoms with Gasteiger partial charge in [-0.3, -0.25) is 4.79 Å². The Labute approximate surface area is 118 Å². The van der Waals surface area contributed by atoms with Crippen molar-refractivity contribution in [3.05, 3.63) is 54.1 Å². The van der Waals surface area contributed by atoms with Crippen LogP contribution in [0.4, 0.5) is 0 Å². The van der Waals surface area contributed by atoms with Crippen LogP contribution in [-0.4, -0.2) is 39.5 Å². The van der Waals surface area contributed by atoms with Gasteiger partial charge >= 0.3 is 0 Å². The molecule has 1 fully saturated rings. The molecule has 1 atom stereocenters. The highest BCUT2D eigenvalue weighted by Gasteiger charge is 2.24. The molecule has 0 bridgehead atoms. The number of nitrogens with zero attached hydrogens (tertiary/aromatic N) is 3. The van der Waals surface area contributed by atoms with E-state index in [0.29, 0.717) is 6.54 Å². The zero-order chi connectivity index (χ0) is 13.9. The number of carbonyl (C=O) groups excluding carboxylic acids is 1. The van der Waals surface area contributed by atoms with Crippen LogP contribution in [0.5, 0.6) is 0 Å². The molecule has 2 N–H and O–H groups in total. The van der Waals surface area contributed by atoms with Crippen LogP contribution >= 0.6 is 0 Å². The molecule has 20 heavy (non-hydrogen) atoms. The molecule has 1 saturated heterocycles. The fourth-order valence-electron chi connectivity index (χ4n) is 2.50. The molecule has 5 nitrogen and oxygen atoms in total. The van der Waals surface area contributed by atoms with Crippen LogP contribution in [0.2, 0.25) is 0 Å². The van der Waals surface area contributed by atoms with Gasteiger partial charge in [0.25, 0.3) is 5.91 Å². The Morgan fingerprint density at radius 1 is 1.35 bits per heavy atom. The molecular formula is C15H18N4O. The Hall–Kier alpha value is -2.14. The van der Waals surface area contributed by atoms with E-state index in [2.05, 4.69) is 4.98 Å². The fourth-order valence-corrected chi connectivity index (χ4v) is 2.50. The van der Waals surface area contributed by atoms with Crippen LogP contribution in [0, 0.1) is 0 Å². The van der Waals surface area contributed by atoms with Gasteiger partial charge in [-0.15, -0.1) is 0 Å². The number of amides is 1. The van der Waals surface area contributed by atoms with Gasteiger partial charge < -0.3 is 15.2 Å². The second-order valence-electron chi connectivity index (χ2n) is 5.23. The summed E-state index contributed by atoms with van der Waals surface area (Å²) in [4.78, 5) is 18.1.